The zero-order valence-corrected chi connectivity index (χ0v) is 13.5. The van der Waals surface area contributed by atoms with Crippen LogP contribution in [0, 0.1) is 0 Å². The third-order valence-electron chi connectivity index (χ3n) is 3.63. The summed E-state index contributed by atoms with van der Waals surface area (Å²) in [6.45, 7) is 4.32. The van der Waals surface area contributed by atoms with Crippen molar-refractivity contribution >= 4 is 18.3 Å². The Morgan fingerprint density at radius 2 is 2.33 bits per heavy atom. The molecule has 0 fully saturated rings. The summed E-state index contributed by atoms with van der Waals surface area (Å²) >= 11 is 0. The number of unbranched alkanes of at least 4 members (excludes halogenated alkanes) is 1. The molecule has 0 radical (unpaired) electrons. The number of amides is 1. The summed E-state index contributed by atoms with van der Waals surface area (Å²) in [4.78, 5) is 12.3. The van der Waals surface area contributed by atoms with Gasteiger partial charge in [0.2, 0.25) is 0 Å². The Morgan fingerprint density at radius 1 is 1.52 bits per heavy atom. The van der Waals surface area contributed by atoms with E-state index in [-0.39, 0.29) is 24.4 Å². The first-order chi connectivity index (χ1) is 9.76. The normalized spacial score (nSPS) is 15.0. The second-order valence-corrected chi connectivity index (χ2v) is 5.22. The van der Waals surface area contributed by atoms with Crippen LogP contribution in [0.15, 0.2) is 0 Å². The summed E-state index contributed by atoms with van der Waals surface area (Å²) in [7, 11) is 1.66. The van der Waals surface area contributed by atoms with E-state index in [0.29, 0.717) is 18.8 Å². The van der Waals surface area contributed by atoms with Crippen LogP contribution in [0.5, 0.6) is 0 Å². The Labute approximate surface area is 131 Å². The van der Waals surface area contributed by atoms with Crippen molar-refractivity contribution < 1.29 is 9.53 Å². The van der Waals surface area contributed by atoms with Gasteiger partial charge in [-0.2, -0.15) is 5.10 Å². The molecule has 3 N–H and O–H groups in total. The van der Waals surface area contributed by atoms with Crippen LogP contribution >= 0.6 is 12.4 Å². The molecule has 1 aromatic rings. The fourth-order valence-corrected chi connectivity index (χ4v) is 2.52. The molecule has 2 heterocycles. The van der Waals surface area contributed by atoms with E-state index in [1.165, 1.54) is 0 Å². The van der Waals surface area contributed by atoms with Gasteiger partial charge in [0, 0.05) is 37.9 Å². The lowest BCUT2D eigenvalue weighted by molar-refractivity contribution is 0.0884. The van der Waals surface area contributed by atoms with Gasteiger partial charge in [-0.25, -0.2) is 0 Å². The van der Waals surface area contributed by atoms with Gasteiger partial charge >= 0.3 is 0 Å². The molecule has 1 amide bonds. The summed E-state index contributed by atoms with van der Waals surface area (Å²) < 4.78 is 5.18. The van der Waals surface area contributed by atoms with E-state index in [1.807, 2.05) is 0 Å². The minimum Gasteiger partial charge on any atom is -0.383 e. The lowest BCUT2D eigenvalue weighted by Crippen LogP contribution is -2.39. The highest BCUT2D eigenvalue weighted by molar-refractivity contribution is 5.94. The number of rotatable bonds is 7. The highest BCUT2D eigenvalue weighted by atomic mass is 35.5. The molecule has 0 aliphatic carbocycles. The molecule has 1 aliphatic rings. The Balaban J connectivity index is 0.00000220. The molecule has 0 aromatic carbocycles. The van der Waals surface area contributed by atoms with Crippen molar-refractivity contribution in [2.24, 2.45) is 0 Å². The van der Waals surface area contributed by atoms with Crippen molar-refractivity contribution in [2.75, 3.05) is 20.3 Å². The van der Waals surface area contributed by atoms with Crippen molar-refractivity contribution in [2.45, 2.75) is 45.2 Å². The van der Waals surface area contributed by atoms with Gasteiger partial charge in [-0.05, 0) is 6.42 Å². The number of fused-ring (bicyclic) bond motifs is 1. The molecule has 120 valence electrons. The third-order valence-corrected chi connectivity index (χ3v) is 3.63. The van der Waals surface area contributed by atoms with E-state index >= 15 is 0 Å². The first-order valence-corrected chi connectivity index (χ1v) is 7.32. The number of halogens is 1. The number of hydrogen-bond acceptors (Lipinski definition) is 4. The zero-order valence-electron chi connectivity index (χ0n) is 12.7. The molecular weight excluding hydrogens is 292 g/mol. The lowest BCUT2D eigenvalue weighted by Gasteiger charge is -2.18. The van der Waals surface area contributed by atoms with Crippen molar-refractivity contribution in [1.29, 1.82) is 0 Å². The van der Waals surface area contributed by atoms with E-state index < -0.39 is 0 Å². The maximum Gasteiger partial charge on any atom is 0.272 e. The van der Waals surface area contributed by atoms with Gasteiger partial charge in [0.05, 0.1) is 12.6 Å². The second-order valence-electron chi connectivity index (χ2n) is 5.22. The molecule has 6 nitrogen and oxygen atoms in total. The van der Waals surface area contributed by atoms with Gasteiger partial charge in [-0.3, -0.25) is 9.89 Å². The van der Waals surface area contributed by atoms with Crippen molar-refractivity contribution in [1.82, 2.24) is 20.8 Å². The quantitative estimate of drug-likeness (QED) is 0.710. The fourth-order valence-electron chi connectivity index (χ4n) is 2.52. The van der Waals surface area contributed by atoms with Crippen LogP contribution < -0.4 is 10.6 Å². The number of methoxy groups -OCH3 is 1. The number of hydrogen-bond donors (Lipinski definition) is 3. The number of ether oxygens (including phenoxy) is 1. The van der Waals surface area contributed by atoms with Crippen LogP contribution in [-0.4, -0.2) is 42.4 Å². The molecule has 0 saturated heterocycles. The lowest BCUT2D eigenvalue weighted by atomic mass is 10.1. The van der Waals surface area contributed by atoms with E-state index in [0.717, 1.165) is 43.5 Å². The van der Waals surface area contributed by atoms with E-state index in [4.69, 9.17) is 4.74 Å². The van der Waals surface area contributed by atoms with Crippen molar-refractivity contribution in [3.8, 4) is 0 Å². The average Bonchev–Trinajstić information content (AvgIpc) is 2.89. The van der Waals surface area contributed by atoms with E-state index in [1.54, 1.807) is 7.11 Å². The SMILES string of the molecule is CCCCC(COC)NC(=O)c1n[nH]c2c1CNCC2.Cl. The monoisotopic (exact) mass is 316 g/mol. The smallest absolute Gasteiger partial charge is 0.272 e. The number of H-pyrrole nitrogens is 1. The van der Waals surface area contributed by atoms with Gasteiger partial charge in [0.1, 0.15) is 0 Å². The number of aromatic amines is 1. The molecule has 2 rings (SSSR count). The first-order valence-electron chi connectivity index (χ1n) is 7.32. The maximum absolute atomic E-state index is 12.3. The largest absolute Gasteiger partial charge is 0.383 e. The number of nitrogens with zero attached hydrogens (tertiary/aromatic N) is 1. The number of carbonyl (C=O) groups is 1. The topological polar surface area (TPSA) is 79.0 Å². The predicted octanol–water partition coefficient (Wildman–Crippen LogP) is 1.41. The number of nitrogens with one attached hydrogen (secondary N) is 3. The Morgan fingerprint density at radius 3 is 3.05 bits per heavy atom. The van der Waals surface area contributed by atoms with Crippen LogP contribution in [0.25, 0.3) is 0 Å². The molecule has 0 bridgehead atoms. The van der Waals surface area contributed by atoms with Gasteiger partial charge in [0.25, 0.3) is 5.91 Å². The Bertz CT molecular complexity index is 450. The summed E-state index contributed by atoms with van der Waals surface area (Å²) in [5.41, 5.74) is 2.59. The third kappa shape index (κ3) is 4.69. The Hall–Kier alpha value is -1.11. The number of carbonyl (C=O) groups excluding carboxylic acids is 1. The van der Waals surface area contributed by atoms with Crippen molar-refractivity contribution in [3.05, 3.63) is 17.0 Å². The van der Waals surface area contributed by atoms with E-state index in [2.05, 4.69) is 27.8 Å². The van der Waals surface area contributed by atoms with Gasteiger partial charge in [-0.1, -0.05) is 19.8 Å². The Kier molecular flexibility index (Phi) is 7.71. The van der Waals surface area contributed by atoms with Crippen LogP contribution in [0.1, 0.15) is 47.9 Å². The highest BCUT2D eigenvalue weighted by Gasteiger charge is 2.23. The fraction of sp³-hybridized carbons (Fsp3) is 0.714. The van der Waals surface area contributed by atoms with Gasteiger partial charge in [0.15, 0.2) is 5.69 Å². The molecule has 0 saturated carbocycles. The average molecular weight is 317 g/mol. The molecule has 1 aliphatic heterocycles. The summed E-state index contributed by atoms with van der Waals surface area (Å²) in [5, 5.41) is 13.4. The van der Waals surface area contributed by atoms with Crippen LogP contribution in [0.2, 0.25) is 0 Å². The summed E-state index contributed by atoms with van der Waals surface area (Å²) in [6.07, 6.45) is 4.01. The molecule has 7 heteroatoms. The van der Waals surface area contributed by atoms with Gasteiger partial charge in [-0.15, -0.1) is 12.4 Å². The standard InChI is InChI=1S/C14H24N4O2.ClH/c1-3-4-5-10(9-20-2)16-14(19)13-11-8-15-7-6-12(11)17-18-13;/h10,15H,3-9H2,1-2H3,(H,16,19)(H,17,18);1H. The summed E-state index contributed by atoms with van der Waals surface area (Å²) in [5.74, 6) is -0.107. The van der Waals surface area contributed by atoms with Crippen LogP contribution in [-0.2, 0) is 17.7 Å². The molecule has 1 aromatic heterocycles. The number of aromatic nitrogens is 2. The zero-order chi connectivity index (χ0) is 14.4. The minimum atomic E-state index is -0.107. The molecule has 21 heavy (non-hydrogen) atoms. The highest BCUT2D eigenvalue weighted by Crippen LogP contribution is 2.15. The van der Waals surface area contributed by atoms with Crippen molar-refractivity contribution in [3.63, 3.8) is 0 Å². The van der Waals surface area contributed by atoms with Gasteiger partial charge < -0.3 is 15.4 Å². The second kappa shape index (κ2) is 9.02. The minimum absolute atomic E-state index is 0. The van der Waals surface area contributed by atoms with Crippen LogP contribution in [0.4, 0.5) is 0 Å². The summed E-state index contributed by atoms with van der Waals surface area (Å²) in [6, 6.07) is 0.0522. The molecule has 1 unspecified atom stereocenters. The molecule has 0 spiro atoms. The molecule has 1 atom stereocenters. The predicted molar refractivity (Wildman–Crippen MR) is 83.9 cm³/mol. The molecular formula is C14H25ClN4O2. The van der Waals surface area contributed by atoms with E-state index in [9.17, 15) is 4.79 Å². The van der Waals surface area contributed by atoms with Crippen LogP contribution in [0.3, 0.4) is 0 Å². The maximum atomic E-state index is 12.3. The first kappa shape index (κ1) is 17.9.